The fraction of sp³-hybridized carbons (Fsp3) is 0.444. The Morgan fingerprint density at radius 3 is 2.52 bits per heavy atom. The van der Waals surface area contributed by atoms with Crippen LogP contribution in [-0.4, -0.2) is 73.3 Å². The number of alkyl halides is 3. The van der Waals surface area contributed by atoms with E-state index in [4.69, 9.17) is 14.3 Å². The number of carboxylic acids is 1. The highest BCUT2D eigenvalue weighted by Gasteiger charge is 2.57. The molecule has 0 unspecified atom stereocenters. The second-order valence-electron chi connectivity index (χ2n) is 10.1. The smallest absolute Gasteiger partial charge is 0.475 e. The van der Waals surface area contributed by atoms with Gasteiger partial charge in [0.1, 0.15) is 0 Å². The zero-order chi connectivity index (χ0) is 29.1. The molecule has 2 atom stereocenters. The van der Waals surface area contributed by atoms with Gasteiger partial charge in [0.2, 0.25) is 5.91 Å². The maximum Gasteiger partial charge on any atom is 0.490 e. The Morgan fingerprint density at radius 2 is 1.93 bits per heavy atom. The molecule has 0 saturated carbocycles. The lowest BCUT2D eigenvalue weighted by Crippen LogP contribution is -2.52. The number of aromatic nitrogens is 3. The Labute approximate surface area is 228 Å². The third-order valence-corrected chi connectivity index (χ3v) is 7.19. The van der Waals surface area contributed by atoms with Gasteiger partial charge in [-0.25, -0.2) is 4.79 Å². The third kappa shape index (κ3) is 5.87. The van der Waals surface area contributed by atoms with Crippen LogP contribution in [0.3, 0.4) is 0 Å². The number of amides is 2. The van der Waals surface area contributed by atoms with Gasteiger partial charge >= 0.3 is 12.1 Å². The molecule has 13 heteroatoms. The topological polar surface area (TPSA) is 122 Å². The monoisotopic (exact) mass is 561 g/mol. The van der Waals surface area contributed by atoms with Gasteiger partial charge in [0, 0.05) is 49.7 Å². The predicted molar refractivity (Wildman–Crippen MR) is 135 cm³/mol. The lowest BCUT2D eigenvalue weighted by molar-refractivity contribution is -0.192. The quantitative estimate of drug-likeness (QED) is 0.497. The highest BCUT2D eigenvalue weighted by molar-refractivity contribution is 5.93. The number of pyridine rings is 1. The number of piperidine rings is 1. The van der Waals surface area contributed by atoms with E-state index in [1.807, 2.05) is 33.8 Å². The third-order valence-electron chi connectivity index (χ3n) is 7.19. The van der Waals surface area contributed by atoms with Crippen molar-refractivity contribution in [2.24, 2.45) is 5.41 Å². The van der Waals surface area contributed by atoms with Crippen LogP contribution in [0, 0.1) is 5.41 Å². The number of nitrogens with zero attached hydrogens (tertiary/aromatic N) is 5. The van der Waals surface area contributed by atoms with Gasteiger partial charge in [-0.15, -0.1) is 0 Å². The van der Waals surface area contributed by atoms with Crippen LogP contribution in [0.25, 0.3) is 0 Å². The van der Waals surface area contributed by atoms with Crippen molar-refractivity contribution < 1.29 is 37.1 Å². The molecule has 5 rings (SSSR count). The molecule has 2 aliphatic heterocycles. The van der Waals surface area contributed by atoms with E-state index in [-0.39, 0.29) is 23.8 Å². The summed E-state index contributed by atoms with van der Waals surface area (Å²) in [6.07, 6.45) is 1.58. The fourth-order valence-electron chi connectivity index (χ4n) is 5.45. The molecule has 214 valence electrons. The average molecular weight is 562 g/mol. The maximum absolute atomic E-state index is 14.1. The number of hydrogen-bond donors (Lipinski definition) is 1. The molecule has 3 aromatic heterocycles. The van der Waals surface area contributed by atoms with Crippen molar-refractivity contribution in [3.05, 3.63) is 72.2 Å². The molecule has 0 aromatic carbocycles. The molecule has 3 aromatic rings. The lowest BCUT2D eigenvalue weighted by Gasteiger charge is -2.42. The van der Waals surface area contributed by atoms with Crippen LogP contribution in [0.4, 0.5) is 13.2 Å². The molecule has 2 aliphatic rings. The molecule has 2 fully saturated rings. The zero-order valence-electron chi connectivity index (χ0n) is 22.0. The number of carbonyl (C=O) groups is 3. The molecule has 1 N–H and O–H groups in total. The van der Waals surface area contributed by atoms with Crippen molar-refractivity contribution in [1.82, 2.24) is 24.6 Å². The normalized spacial score (nSPS) is 21.1. The molecule has 10 nitrogen and oxygen atoms in total. The van der Waals surface area contributed by atoms with Crippen LogP contribution in [0.5, 0.6) is 0 Å². The molecule has 5 heterocycles. The van der Waals surface area contributed by atoms with E-state index >= 15 is 0 Å². The van der Waals surface area contributed by atoms with E-state index in [0.717, 1.165) is 24.2 Å². The molecule has 0 aliphatic carbocycles. The number of furan rings is 1. The molecule has 2 saturated heterocycles. The number of carboxylic acid groups (broad SMARTS) is 1. The second-order valence-corrected chi connectivity index (χ2v) is 10.1. The SMILES string of the molecule is CC(C)n1nccc1[C@@H]1CN(C(=O)c2ccco2)C[C@]12CCCN(Cc1ccccn1)C2=O.O=C(O)C(F)(F)F. The first-order valence-corrected chi connectivity index (χ1v) is 12.8. The van der Waals surface area contributed by atoms with Gasteiger partial charge < -0.3 is 19.3 Å². The summed E-state index contributed by atoms with van der Waals surface area (Å²) >= 11 is 0. The minimum absolute atomic E-state index is 0.0932. The number of aliphatic carboxylic acids is 1. The van der Waals surface area contributed by atoms with Crippen LogP contribution < -0.4 is 0 Å². The van der Waals surface area contributed by atoms with Crippen molar-refractivity contribution >= 4 is 17.8 Å². The summed E-state index contributed by atoms with van der Waals surface area (Å²) in [6, 6.07) is 11.3. The molecular weight excluding hydrogens is 531 g/mol. The van der Waals surface area contributed by atoms with Crippen LogP contribution in [0.1, 0.15) is 60.6 Å². The number of likely N-dealkylation sites (tertiary alicyclic amines) is 2. The summed E-state index contributed by atoms with van der Waals surface area (Å²) < 4.78 is 39.1. The van der Waals surface area contributed by atoms with E-state index in [0.29, 0.717) is 31.9 Å². The van der Waals surface area contributed by atoms with Crippen LogP contribution in [0.2, 0.25) is 0 Å². The summed E-state index contributed by atoms with van der Waals surface area (Å²) in [6.45, 7) is 6.17. The van der Waals surface area contributed by atoms with Crippen molar-refractivity contribution in [2.45, 2.75) is 51.4 Å². The largest absolute Gasteiger partial charge is 0.490 e. The number of carbonyl (C=O) groups excluding carboxylic acids is 2. The van der Waals surface area contributed by atoms with Gasteiger partial charge in [0.05, 0.1) is 23.9 Å². The average Bonchev–Trinajstić information content (AvgIpc) is 3.67. The first kappa shape index (κ1) is 28.8. The van der Waals surface area contributed by atoms with E-state index in [2.05, 4.69) is 23.9 Å². The summed E-state index contributed by atoms with van der Waals surface area (Å²) in [5, 5.41) is 11.7. The van der Waals surface area contributed by atoms with Crippen LogP contribution in [-0.2, 0) is 16.1 Å². The predicted octanol–water partition coefficient (Wildman–Crippen LogP) is 4.13. The van der Waals surface area contributed by atoms with Gasteiger partial charge in [-0.3, -0.25) is 19.3 Å². The first-order valence-electron chi connectivity index (χ1n) is 12.8. The van der Waals surface area contributed by atoms with Crippen molar-refractivity contribution in [1.29, 1.82) is 0 Å². The number of hydrogen-bond acceptors (Lipinski definition) is 6. The minimum Gasteiger partial charge on any atom is -0.475 e. The van der Waals surface area contributed by atoms with Gasteiger partial charge in [-0.1, -0.05) is 6.07 Å². The Hall–Kier alpha value is -4.16. The summed E-state index contributed by atoms with van der Waals surface area (Å²) in [4.78, 5) is 44.3. The van der Waals surface area contributed by atoms with Gasteiger partial charge in [0.25, 0.3) is 5.91 Å². The Morgan fingerprint density at radius 1 is 1.18 bits per heavy atom. The van der Waals surface area contributed by atoms with Crippen LogP contribution >= 0.6 is 0 Å². The molecule has 2 amide bonds. The minimum atomic E-state index is -5.08. The van der Waals surface area contributed by atoms with Crippen molar-refractivity contribution in [3.63, 3.8) is 0 Å². The van der Waals surface area contributed by atoms with E-state index in [9.17, 15) is 22.8 Å². The maximum atomic E-state index is 14.1. The number of halogens is 3. The van der Waals surface area contributed by atoms with Crippen LogP contribution in [0.15, 0.2) is 59.5 Å². The Bertz CT molecular complexity index is 1330. The summed E-state index contributed by atoms with van der Waals surface area (Å²) in [5.41, 5.74) is 1.18. The standard InChI is InChI=1S/C25H29N5O3.C2HF3O2/c1-18(2)30-21(9-12-27-30)20-16-29(23(31)22-8-5-14-33-22)17-25(20)10-6-13-28(24(25)32)15-19-7-3-4-11-26-19;3-2(4,5)1(6)7/h3-5,7-9,11-12,14,18,20H,6,10,13,15-17H2,1-2H3;(H,6,7)/t20-,25+;/m0./s1. The van der Waals surface area contributed by atoms with E-state index < -0.39 is 17.6 Å². The fourth-order valence-corrected chi connectivity index (χ4v) is 5.45. The van der Waals surface area contributed by atoms with Gasteiger partial charge in [0.15, 0.2) is 5.76 Å². The molecule has 0 radical (unpaired) electrons. The van der Waals surface area contributed by atoms with Gasteiger partial charge in [-0.05, 0) is 57.0 Å². The Kier molecular flexibility index (Phi) is 8.31. The molecule has 0 bridgehead atoms. The molecule has 1 spiro atoms. The highest BCUT2D eigenvalue weighted by atomic mass is 19.4. The summed E-state index contributed by atoms with van der Waals surface area (Å²) in [5.74, 6) is -2.67. The highest BCUT2D eigenvalue weighted by Crippen LogP contribution is 2.50. The lowest BCUT2D eigenvalue weighted by atomic mass is 9.70. The Balaban J connectivity index is 0.000000470. The zero-order valence-corrected chi connectivity index (χ0v) is 22.0. The molecular formula is C27H30F3N5O5. The van der Waals surface area contributed by atoms with Gasteiger partial charge in [-0.2, -0.15) is 18.3 Å². The van der Waals surface area contributed by atoms with Crippen molar-refractivity contribution in [2.75, 3.05) is 19.6 Å². The first-order chi connectivity index (χ1) is 18.9. The van der Waals surface area contributed by atoms with E-state index in [1.165, 1.54) is 6.26 Å². The van der Waals surface area contributed by atoms with E-state index in [1.54, 1.807) is 29.4 Å². The summed E-state index contributed by atoms with van der Waals surface area (Å²) in [7, 11) is 0. The second kappa shape index (κ2) is 11.5. The van der Waals surface area contributed by atoms with Crippen molar-refractivity contribution in [3.8, 4) is 0 Å². The number of rotatable bonds is 5. The molecule has 40 heavy (non-hydrogen) atoms.